The predicted molar refractivity (Wildman–Crippen MR) is 77.3 cm³/mol. The smallest absolute Gasteiger partial charge is 0.264 e. The lowest BCUT2D eigenvalue weighted by molar-refractivity contribution is 0.278. The molecule has 1 fully saturated rings. The van der Waals surface area contributed by atoms with Gasteiger partial charge in [-0.25, -0.2) is 13.4 Å². The average Bonchev–Trinajstić information content (AvgIpc) is 3.20. The van der Waals surface area contributed by atoms with E-state index in [1.807, 2.05) is 5.38 Å². The van der Waals surface area contributed by atoms with E-state index in [-0.39, 0.29) is 11.5 Å². The number of hydrogen-bond donors (Lipinski definition) is 2. The van der Waals surface area contributed by atoms with Crippen molar-refractivity contribution in [3.8, 4) is 0 Å². The summed E-state index contributed by atoms with van der Waals surface area (Å²) in [4.78, 5) is 4.39. The van der Waals surface area contributed by atoms with Gasteiger partial charge in [0.25, 0.3) is 10.0 Å². The molecule has 0 amide bonds. The number of aromatic nitrogens is 1. The molecule has 106 valence electrons. The number of rotatable bonds is 5. The van der Waals surface area contributed by atoms with Crippen molar-refractivity contribution in [1.82, 2.24) is 4.98 Å². The Bertz CT molecular complexity index is 721. The van der Waals surface area contributed by atoms with E-state index in [2.05, 4.69) is 9.71 Å². The molecule has 1 aromatic carbocycles. The van der Waals surface area contributed by atoms with Crippen molar-refractivity contribution in [2.24, 2.45) is 0 Å². The van der Waals surface area contributed by atoms with Crippen LogP contribution in [-0.4, -0.2) is 18.5 Å². The lowest BCUT2D eigenvalue weighted by Crippen LogP contribution is -2.15. The van der Waals surface area contributed by atoms with Gasteiger partial charge in [-0.2, -0.15) is 0 Å². The molecule has 1 aromatic heterocycles. The number of anilines is 1. The number of thiazole rings is 1. The van der Waals surface area contributed by atoms with Crippen molar-refractivity contribution < 1.29 is 13.5 Å². The summed E-state index contributed by atoms with van der Waals surface area (Å²) in [6.07, 6.45) is 2.26. The predicted octanol–water partition coefficient (Wildman–Crippen LogP) is 2.31. The molecule has 0 aliphatic heterocycles. The van der Waals surface area contributed by atoms with E-state index in [1.165, 1.54) is 17.4 Å². The average molecular weight is 310 g/mol. The summed E-state index contributed by atoms with van der Waals surface area (Å²) in [5.41, 5.74) is 1.34. The number of benzene rings is 1. The Hall–Kier alpha value is -1.44. The van der Waals surface area contributed by atoms with Gasteiger partial charge >= 0.3 is 0 Å². The van der Waals surface area contributed by atoms with E-state index in [9.17, 15) is 13.5 Å². The topological polar surface area (TPSA) is 79.3 Å². The summed E-state index contributed by atoms with van der Waals surface area (Å²) >= 11 is 1.29. The maximum atomic E-state index is 12.3. The molecule has 0 saturated heterocycles. The van der Waals surface area contributed by atoms with Crippen LogP contribution in [0.1, 0.15) is 30.0 Å². The van der Waals surface area contributed by atoms with Gasteiger partial charge in [0.2, 0.25) is 0 Å². The van der Waals surface area contributed by atoms with Gasteiger partial charge in [-0.3, -0.25) is 4.72 Å². The molecule has 5 nitrogen and oxygen atoms in total. The third kappa shape index (κ3) is 2.70. The molecule has 1 saturated carbocycles. The normalized spacial score (nSPS) is 15.2. The summed E-state index contributed by atoms with van der Waals surface area (Å²) in [5.74, 6) is 0.495. The lowest BCUT2D eigenvalue weighted by atomic mass is 10.2. The summed E-state index contributed by atoms with van der Waals surface area (Å²) in [6, 6.07) is 6.39. The van der Waals surface area contributed by atoms with Crippen molar-refractivity contribution >= 4 is 26.5 Å². The fourth-order valence-corrected chi connectivity index (χ4v) is 4.24. The molecule has 0 radical (unpaired) electrons. The Morgan fingerprint density at radius 3 is 2.80 bits per heavy atom. The molecular formula is C13H14N2O3S2. The van der Waals surface area contributed by atoms with Crippen LogP contribution in [0.25, 0.3) is 0 Å². The zero-order valence-electron chi connectivity index (χ0n) is 10.6. The fraction of sp³-hybridized carbons (Fsp3) is 0.308. The van der Waals surface area contributed by atoms with Gasteiger partial charge in [-0.15, -0.1) is 11.3 Å². The van der Waals surface area contributed by atoms with Crippen molar-refractivity contribution in [3.63, 3.8) is 0 Å². The van der Waals surface area contributed by atoms with Crippen LogP contribution in [0.5, 0.6) is 0 Å². The first-order valence-electron chi connectivity index (χ1n) is 6.27. The maximum absolute atomic E-state index is 12.3. The maximum Gasteiger partial charge on any atom is 0.264 e. The third-order valence-corrected chi connectivity index (χ3v) is 5.52. The minimum Gasteiger partial charge on any atom is -0.392 e. The molecule has 2 N–H and O–H groups in total. The van der Waals surface area contributed by atoms with E-state index in [4.69, 9.17) is 0 Å². The van der Waals surface area contributed by atoms with Crippen LogP contribution in [0.4, 0.5) is 5.13 Å². The molecule has 1 aliphatic rings. The Labute approximate surface area is 121 Å². The van der Waals surface area contributed by atoms with Gasteiger partial charge < -0.3 is 5.11 Å². The number of nitrogens with zero attached hydrogens (tertiary/aromatic N) is 1. The number of sulfonamides is 1. The van der Waals surface area contributed by atoms with Crippen LogP contribution in [-0.2, 0) is 16.6 Å². The van der Waals surface area contributed by atoms with Gasteiger partial charge in [0.1, 0.15) is 0 Å². The summed E-state index contributed by atoms with van der Waals surface area (Å²) in [6.45, 7) is -0.317. The minimum absolute atomic E-state index is 0.0886. The van der Waals surface area contributed by atoms with Gasteiger partial charge in [0.15, 0.2) is 5.13 Å². The highest BCUT2D eigenvalue weighted by molar-refractivity contribution is 7.93. The SMILES string of the molecule is O=S(=O)(Nc1nc(C2CC2)cs1)c1ccccc1CO. The monoisotopic (exact) mass is 310 g/mol. The van der Waals surface area contributed by atoms with Crippen molar-refractivity contribution in [3.05, 3.63) is 40.9 Å². The first kappa shape index (κ1) is 13.5. The quantitative estimate of drug-likeness (QED) is 0.888. The second-order valence-electron chi connectivity index (χ2n) is 4.72. The van der Waals surface area contributed by atoms with Crippen molar-refractivity contribution in [2.75, 3.05) is 4.72 Å². The van der Waals surface area contributed by atoms with E-state index >= 15 is 0 Å². The van der Waals surface area contributed by atoms with Crippen LogP contribution in [0.2, 0.25) is 0 Å². The third-order valence-electron chi connectivity index (χ3n) is 3.17. The number of hydrogen-bond acceptors (Lipinski definition) is 5. The van der Waals surface area contributed by atoms with Crippen molar-refractivity contribution in [2.45, 2.75) is 30.3 Å². The molecule has 0 unspecified atom stereocenters. The first-order chi connectivity index (χ1) is 9.60. The Morgan fingerprint density at radius 2 is 2.10 bits per heavy atom. The highest BCUT2D eigenvalue weighted by atomic mass is 32.2. The van der Waals surface area contributed by atoms with Gasteiger partial charge in [0.05, 0.1) is 17.2 Å². The largest absolute Gasteiger partial charge is 0.392 e. The van der Waals surface area contributed by atoms with Crippen LogP contribution in [0.3, 0.4) is 0 Å². The standard InChI is InChI=1S/C13H14N2O3S2/c16-7-10-3-1-2-4-12(10)20(17,18)15-13-14-11(8-19-13)9-5-6-9/h1-4,8-9,16H,5-7H2,(H,14,15). The zero-order valence-corrected chi connectivity index (χ0v) is 12.2. The van der Waals surface area contributed by atoms with E-state index < -0.39 is 10.0 Å². The summed E-state index contributed by atoms with van der Waals surface area (Å²) < 4.78 is 27.1. The Morgan fingerprint density at radius 1 is 1.35 bits per heavy atom. The van der Waals surface area contributed by atoms with Crippen LogP contribution >= 0.6 is 11.3 Å². The van der Waals surface area contributed by atoms with Gasteiger partial charge in [-0.05, 0) is 24.5 Å². The molecule has 1 heterocycles. The second kappa shape index (κ2) is 5.16. The van der Waals surface area contributed by atoms with Crippen LogP contribution in [0, 0.1) is 0 Å². The van der Waals surface area contributed by atoms with E-state index in [1.54, 1.807) is 18.2 Å². The second-order valence-corrected chi connectivity index (χ2v) is 7.23. The molecule has 0 spiro atoms. The van der Waals surface area contributed by atoms with Crippen LogP contribution < -0.4 is 4.72 Å². The van der Waals surface area contributed by atoms with E-state index in [0.29, 0.717) is 16.6 Å². The zero-order chi connectivity index (χ0) is 14.2. The molecule has 7 heteroatoms. The number of nitrogens with one attached hydrogen (secondary N) is 1. The number of aliphatic hydroxyl groups is 1. The van der Waals surface area contributed by atoms with E-state index in [0.717, 1.165) is 18.5 Å². The minimum atomic E-state index is -3.71. The molecule has 1 aliphatic carbocycles. The molecule has 0 atom stereocenters. The molecule has 20 heavy (non-hydrogen) atoms. The highest BCUT2D eigenvalue weighted by Gasteiger charge is 2.27. The van der Waals surface area contributed by atoms with Gasteiger partial charge in [0, 0.05) is 11.3 Å². The van der Waals surface area contributed by atoms with Gasteiger partial charge in [-0.1, -0.05) is 18.2 Å². The Kier molecular flexibility index (Phi) is 3.49. The molecule has 0 bridgehead atoms. The fourth-order valence-electron chi connectivity index (χ4n) is 1.97. The first-order valence-corrected chi connectivity index (χ1v) is 8.63. The molecular weight excluding hydrogens is 296 g/mol. The summed E-state index contributed by atoms with van der Waals surface area (Å²) in [5, 5.41) is 11.5. The molecule has 3 rings (SSSR count). The highest BCUT2D eigenvalue weighted by Crippen LogP contribution is 2.41. The Balaban J connectivity index is 1.87. The summed E-state index contributed by atoms with van der Waals surface area (Å²) in [7, 11) is -3.71. The lowest BCUT2D eigenvalue weighted by Gasteiger charge is -2.08. The number of aliphatic hydroxyl groups excluding tert-OH is 1. The van der Waals surface area contributed by atoms with Crippen LogP contribution in [0.15, 0.2) is 34.5 Å². The van der Waals surface area contributed by atoms with Crippen molar-refractivity contribution in [1.29, 1.82) is 0 Å². The molecule has 2 aromatic rings.